The Morgan fingerprint density at radius 1 is 1.41 bits per heavy atom. The summed E-state index contributed by atoms with van der Waals surface area (Å²) < 4.78 is 7.69. The molecule has 1 atom stereocenters. The predicted octanol–water partition coefficient (Wildman–Crippen LogP) is 3.93. The van der Waals surface area contributed by atoms with Crippen molar-refractivity contribution in [2.24, 2.45) is 5.92 Å². The molecule has 29 heavy (non-hydrogen) atoms. The summed E-state index contributed by atoms with van der Waals surface area (Å²) in [5, 5.41) is 15.2. The largest absolute Gasteiger partial charge is 0.492 e. The van der Waals surface area contributed by atoms with E-state index < -0.39 is 0 Å². The van der Waals surface area contributed by atoms with Crippen molar-refractivity contribution in [1.82, 2.24) is 19.5 Å². The minimum absolute atomic E-state index is 0.0621. The highest BCUT2D eigenvalue weighted by atomic mass is 79.9. The fourth-order valence-electron chi connectivity index (χ4n) is 3.88. The second-order valence-corrected chi connectivity index (χ2v) is 9.09. The normalized spacial score (nSPS) is 16.9. The molecule has 0 aliphatic carbocycles. The third-order valence-electron chi connectivity index (χ3n) is 5.23. The molecule has 0 bridgehead atoms. The zero-order valence-electron chi connectivity index (χ0n) is 16.3. The highest BCUT2D eigenvalue weighted by Gasteiger charge is 2.34. The lowest BCUT2D eigenvalue weighted by Crippen LogP contribution is -2.39. The number of hydrogen-bond acceptors (Lipinski definition) is 7. The van der Waals surface area contributed by atoms with Crippen molar-refractivity contribution in [3.8, 4) is 5.88 Å². The van der Waals surface area contributed by atoms with Crippen LogP contribution < -0.4 is 0 Å². The molecule has 1 aliphatic rings. The number of aromatic hydroxyl groups is 1. The molecular weight excluding hydrogens is 456 g/mol. The number of aryl methyl sites for hydroxylation is 1. The fourth-order valence-corrected chi connectivity index (χ4v) is 5.46. The number of ether oxygens (including phenoxy) is 1. The number of aromatic nitrogens is 3. The summed E-state index contributed by atoms with van der Waals surface area (Å²) >= 11 is 5.01. The van der Waals surface area contributed by atoms with Gasteiger partial charge in [0.05, 0.1) is 23.4 Å². The topological polar surface area (TPSA) is 80.0 Å². The number of nitrogens with zero attached hydrogens (tertiary/aromatic N) is 4. The van der Waals surface area contributed by atoms with Crippen LogP contribution in [0.3, 0.4) is 0 Å². The van der Waals surface area contributed by atoms with Gasteiger partial charge in [-0.05, 0) is 57.5 Å². The minimum Gasteiger partial charge on any atom is -0.492 e. The van der Waals surface area contributed by atoms with E-state index in [1.165, 1.54) is 15.9 Å². The molecule has 4 rings (SSSR count). The quantitative estimate of drug-likeness (QED) is 0.559. The first-order valence-corrected chi connectivity index (χ1v) is 11.3. The van der Waals surface area contributed by atoms with Gasteiger partial charge in [-0.1, -0.05) is 39.4 Å². The number of hydrogen-bond donors (Lipinski definition) is 1. The maximum atomic E-state index is 12.1. The van der Waals surface area contributed by atoms with Crippen molar-refractivity contribution >= 4 is 38.2 Å². The Morgan fingerprint density at radius 3 is 2.83 bits per heavy atom. The summed E-state index contributed by atoms with van der Waals surface area (Å²) in [6.07, 6.45) is 1.48. The van der Waals surface area contributed by atoms with E-state index in [0.717, 1.165) is 40.8 Å². The average molecular weight is 479 g/mol. The van der Waals surface area contributed by atoms with Crippen LogP contribution in [0.1, 0.15) is 42.1 Å². The molecule has 1 N–H and O–H groups in total. The Labute approximate surface area is 181 Å². The van der Waals surface area contributed by atoms with Gasteiger partial charge in [0.2, 0.25) is 10.8 Å². The number of carbonyl (C=O) groups is 1. The number of fused-ring (bicyclic) bond motifs is 1. The Morgan fingerprint density at radius 2 is 2.17 bits per heavy atom. The first-order chi connectivity index (χ1) is 14.0. The second kappa shape index (κ2) is 8.41. The molecular formula is C20H23BrN4O3S. The van der Waals surface area contributed by atoms with Crippen molar-refractivity contribution < 1.29 is 14.6 Å². The van der Waals surface area contributed by atoms with E-state index in [0.29, 0.717) is 17.4 Å². The number of piperidine rings is 1. The third-order valence-corrected chi connectivity index (χ3v) is 6.80. The lowest BCUT2D eigenvalue weighted by Gasteiger charge is -2.36. The maximum Gasteiger partial charge on any atom is 0.309 e. The van der Waals surface area contributed by atoms with Crippen molar-refractivity contribution in [2.75, 3.05) is 19.7 Å². The Bertz CT molecular complexity index is 1030. The van der Waals surface area contributed by atoms with Crippen LogP contribution in [0.5, 0.6) is 5.88 Å². The zero-order valence-corrected chi connectivity index (χ0v) is 18.7. The molecule has 1 saturated heterocycles. The zero-order chi connectivity index (χ0) is 20.5. The van der Waals surface area contributed by atoms with Crippen molar-refractivity contribution in [1.29, 1.82) is 0 Å². The molecule has 1 aliphatic heterocycles. The van der Waals surface area contributed by atoms with Gasteiger partial charge in [-0.25, -0.2) is 4.98 Å². The molecule has 0 unspecified atom stereocenters. The molecule has 0 amide bonds. The van der Waals surface area contributed by atoms with E-state index in [2.05, 4.69) is 43.0 Å². The molecule has 2 aromatic heterocycles. The molecule has 0 saturated carbocycles. The third kappa shape index (κ3) is 4.04. The number of rotatable bonds is 5. The van der Waals surface area contributed by atoms with Gasteiger partial charge in [-0.3, -0.25) is 9.69 Å². The highest BCUT2D eigenvalue weighted by Crippen LogP contribution is 2.41. The monoisotopic (exact) mass is 478 g/mol. The van der Waals surface area contributed by atoms with Gasteiger partial charge in [-0.15, -0.1) is 5.10 Å². The van der Waals surface area contributed by atoms with E-state index in [4.69, 9.17) is 4.74 Å². The van der Waals surface area contributed by atoms with Crippen LogP contribution >= 0.6 is 27.3 Å². The summed E-state index contributed by atoms with van der Waals surface area (Å²) in [6.45, 7) is 5.54. The average Bonchev–Trinajstić information content (AvgIpc) is 3.20. The fraction of sp³-hybridized carbons (Fsp3) is 0.450. The molecule has 0 spiro atoms. The molecule has 9 heteroatoms. The lowest BCUT2D eigenvalue weighted by atomic mass is 9.93. The number of halogens is 1. The first kappa shape index (κ1) is 20.3. The van der Waals surface area contributed by atoms with E-state index in [1.807, 2.05) is 26.0 Å². The number of esters is 1. The smallest absolute Gasteiger partial charge is 0.309 e. The number of thiazole rings is 1. The molecule has 3 aromatic rings. The second-order valence-electron chi connectivity index (χ2n) is 7.16. The van der Waals surface area contributed by atoms with Crippen molar-refractivity contribution in [3.05, 3.63) is 45.0 Å². The lowest BCUT2D eigenvalue weighted by molar-refractivity contribution is -0.149. The van der Waals surface area contributed by atoms with Crippen molar-refractivity contribution in [3.63, 3.8) is 0 Å². The standard InChI is InChI=1S/C20H23BrN4O3S/c1-3-28-19(27)13-7-9-24(10-8-13)16(14-5-4-6-15(21)11-14)17-18(26)25-20(29-17)22-12(2)23-25/h4-6,11,13,16,26H,3,7-10H2,1-2H3/t16-/m0/s1. The summed E-state index contributed by atoms with van der Waals surface area (Å²) in [6, 6.07) is 7.98. The SMILES string of the molecule is CCOC(=O)C1CCN([C@@H](c2cccc(Br)c2)c2sc3nc(C)nn3c2O)CC1. The molecule has 3 heterocycles. The molecule has 1 aromatic carbocycles. The Balaban J connectivity index is 1.67. The molecule has 154 valence electrons. The molecule has 1 fully saturated rings. The van der Waals surface area contributed by atoms with Gasteiger partial charge in [0.1, 0.15) is 5.82 Å². The first-order valence-electron chi connectivity index (χ1n) is 9.69. The minimum atomic E-state index is -0.135. The van der Waals surface area contributed by atoms with Crippen LogP contribution in [0.2, 0.25) is 0 Å². The van der Waals surface area contributed by atoms with Gasteiger partial charge in [0.15, 0.2) is 0 Å². The summed E-state index contributed by atoms with van der Waals surface area (Å²) in [5.74, 6) is 0.589. The van der Waals surface area contributed by atoms with Gasteiger partial charge in [-0.2, -0.15) is 4.52 Å². The van der Waals surface area contributed by atoms with Crippen LogP contribution in [0.4, 0.5) is 0 Å². The van der Waals surface area contributed by atoms with E-state index in [-0.39, 0.29) is 23.8 Å². The summed E-state index contributed by atoms with van der Waals surface area (Å²) in [4.78, 5) is 20.3. The van der Waals surface area contributed by atoms with Crippen LogP contribution in [0.25, 0.3) is 4.96 Å². The van der Waals surface area contributed by atoms with E-state index in [1.54, 1.807) is 0 Å². The van der Waals surface area contributed by atoms with Gasteiger partial charge in [0, 0.05) is 4.47 Å². The van der Waals surface area contributed by atoms with Crippen LogP contribution in [-0.4, -0.2) is 50.3 Å². The number of benzene rings is 1. The van der Waals surface area contributed by atoms with Crippen molar-refractivity contribution in [2.45, 2.75) is 32.7 Å². The van der Waals surface area contributed by atoms with Crippen LogP contribution in [0, 0.1) is 12.8 Å². The Hall–Kier alpha value is -1.97. The van der Waals surface area contributed by atoms with E-state index in [9.17, 15) is 9.90 Å². The van der Waals surface area contributed by atoms with Crippen LogP contribution in [-0.2, 0) is 9.53 Å². The van der Waals surface area contributed by atoms with E-state index >= 15 is 0 Å². The molecule has 7 nitrogen and oxygen atoms in total. The van der Waals surface area contributed by atoms with Gasteiger partial charge >= 0.3 is 5.97 Å². The van der Waals surface area contributed by atoms with Gasteiger partial charge < -0.3 is 9.84 Å². The predicted molar refractivity (Wildman–Crippen MR) is 114 cm³/mol. The maximum absolute atomic E-state index is 12.1. The Kier molecular flexibility index (Phi) is 5.89. The van der Waals surface area contributed by atoms with Gasteiger partial charge in [0.25, 0.3) is 0 Å². The highest BCUT2D eigenvalue weighted by molar-refractivity contribution is 9.10. The number of carbonyl (C=O) groups excluding carboxylic acids is 1. The summed E-state index contributed by atoms with van der Waals surface area (Å²) in [7, 11) is 0. The summed E-state index contributed by atoms with van der Waals surface area (Å²) in [5.41, 5.74) is 1.07. The number of likely N-dealkylation sites (tertiary alicyclic amines) is 1. The molecule has 0 radical (unpaired) electrons. The van der Waals surface area contributed by atoms with Crippen LogP contribution in [0.15, 0.2) is 28.7 Å².